The van der Waals surface area contributed by atoms with Crippen LogP contribution in [0.3, 0.4) is 0 Å². The fourth-order valence-electron chi connectivity index (χ4n) is 3.16. The lowest BCUT2D eigenvalue weighted by Crippen LogP contribution is -2.49. The Labute approximate surface area is 160 Å². The van der Waals surface area contributed by atoms with Gasteiger partial charge in [0.2, 0.25) is 0 Å². The van der Waals surface area contributed by atoms with Gasteiger partial charge in [-0.25, -0.2) is 4.98 Å². The molecule has 27 heavy (non-hydrogen) atoms. The maximum absolute atomic E-state index is 12.7. The van der Waals surface area contributed by atoms with Crippen LogP contribution in [0.2, 0.25) is 0 Å². The Bertz CT molecular complexity index is 986. The molecule has 6 nitrogen and oxygen atoms in total. The van der Waals surface area contributed by atoms with Crippen molar-refractivity contribution in [3.05, 3.63) is 64.2 Å². The number of aromatic nitrogens is 2. The van der Waals surface area contributed by atoms with Gasteiger partial charge < -0.3 is 10.2 Å². The molecule has 0 aliphatic carbocycles. The van der Waals surface area contributed by atoms with Crippen molar-refractivity contribution >= 4 is 17.0 Å². The normalized spacial score (nSPS) is 18.8. The van der Waals surface area contributed by atoms with Crippen LogP contribution in [0.15, 0.2) is 58.0 Å². The van der Waals surface area contributed by atoms with Gasteiger partial charge in [-0.1, -0.05) is 12.2 Å². The predicted molar refractivity (Wildman–Crippen MR) is 112 cm³/mol. The second kappa shape index (κ2) is 7.88. The Balaban J connectivity index is 2.00. The number of rotatable bonds is 4. The molecule has 0 amide bonds. The van der Waals surface area contributed by atoms with Gasteiger partial charge in [0.25, 0.3) is 5.56 Å². The Morgan fingerprint density at radius 1 is 1.41 bits per heavy atom. The van der Waals surface area contributed by atoms with E-state index in [9.17, 15) is 4.79 Å². The fraction of sp³-hybridized carbons (Fsp3) is 0.381. The van der Waals surface area contributed by atoms with Gasteiger partial charge in [0.1, 0.15) is 5.65 Å². The lowest BCUT2D eigenvalue weighted by atomic mass is 10.1. The van der Waals surface area contributed by atoms with E-state index in [-0.39, 0.29) is 5.56 Å². The van der Waals surface area contributed by atoms with Gasteiger partial charge in [0.15, 0.2) is 0 Å². The summed E-state index contributed by atoms with van der Waals surface area (Å²) in [4.78, 5) is 24.0. The number of hydrogen-bond donors (Lipinski definition) is 1. The minimum atomic E-state index is -0.109. The maximum Gasteiger partial charge on any atom is 0.258 e. The molecular weight excluding hydrogens is 338 g/mol. The first-order valence-corrected chi connectivity index (χ1v) is 9.22. The molecule has 6 heteroatoms. The van der Waals surface area contributed by atoms with Gasteiger partial charge in [-0.2, -0.15) is 0 Å². The summed E-state index contributed by atoms with van der Waals surface area (Å²) in [6.45, 7) is 12.8. The molecule has 3 rings (SSSR count). The van der Waals surface area contributed by atoms with Crippen LogP contribution in [0.4, 0.5) is 5.69 Å². The highest BCUT2D eigenvalue weighted by Gasteiger charge is 2.17. The van der Waals surface area contributed by atoms with Crippen molar-refractivity contribution in [1.29, 1.82) is 0 Å². The summed E-state index contributed by atoms with van der Waals surface area (Å²) in [7, 11) is 1.70. The van der Waals surface area contributed by atoms with Crippen molar-refractivity contribution in [1.82, 2.24) is 14.7 Å². The van der Waals surface area contributed by atoms with Crippen molar-refractivity contribution in [2.45, 2.75) is 26.8 Å². The van der Waals surface area contributed by atoms with Crippen LogP contribution in [-0.4, -0.2) is 47.8 Å². The molecule has 0 bridgehead atoms. The molecule has 1 aliphatic heterocycles. The summed E-state index contributed by atoms with van der Waals surface area (Å²) >= 11 is 0. The SMILES string of the molecule is C=C(C)/C(C)=C/C(=NC)c1cc(=O)n2cc(N3CCN[C@@H](C)C3)ccc2n1. The minimum absolute atomic E-state index is 0.109. The summed E-state index contributed by atoms with van der Waals surface area (Å²) in [6.07, 6.45) is 3.79. The molecule has 2 aromatic heterocycles. The summed E-state index contributed by atoms with van der Waals surface area (Å²) in [5.41, 5.74) is 4.77. The molecule has 1 atom stereocenters. The lowest BCUT2D eigenvalue weighted by molar-refractivity contribution is 0.484. The van der Waals surface area contributed by atoms with E-state index in [1.165, 1.54) is 0 Å². The zero-order valence-electron chi connectivity index (χ0n) is 16.5. The van der Waals surface area contributed by atoms with Crippen molar-refractivity contribution < 1.29 is 0 Å². The second-order valence-corrected chi connectivity index (χ2v) is 7.11. The highest BCUT2D eigenvalue weighted by atomic mass is 16.1. The van der Waals surface area contributed by atoms with Gasteiger partial charge >= 0.3 is 0 Å². The van der Waals surface area contributed by atoms with Gasteiger partial charge in [-0.15, -0.1) is 0 Å². The Morgan fingerprint density at radius 3 is 2.85 bits per heavy atom. The Hall–Kier alpha value is -2.73. The van der Waals surface area contributed by atoms with E-state index in [1.54, 1.807) is 17.5 Å². The quantitative estimate of drug-likeness (QED) is 0.668. The standard InChI is InChI=1S/C21H27N5O/c1-14(2)15(3)10-18(22-5)19-11-21(27)26-13-17(6-7-20(26)24-19)25-9-8-23-16(4)12-25/h6-7,10-11,13,16,23H,1,8-9,12H2,2-5H3/b15-10+,22-18?/t16-/m0/s1. The van der Waals surface area contributed by atoms with Crippen LogP contribution in [0, 0.1) is 0 Å². The number of hydrogen-bond acceptors (Lipinski definition) is 5. The number of anilines is 1. The molecule has 0 radical (unpaired) electrons. The molecule has 1 fully saturated rings. The third kappa shape index (κ3) is 4.17. The topological polar surface area (TPSA) is 62.0 Å². The number of fused-ring (bicyclic) bond motifs is 1. The number of piperazine rings is 1. The highest BCUT2D eigenvalue weighted by molar-refractivity contribution is 6.08. The van der Waals surface area contributed by atoms with Crippen LogP contribution >= 0.6 is 0 Å². The van der Waals surface area contributed by atoms with E-state index in [2.05, 4.69) is 33.7 Å². The van der Waals surface area contributed by atoms with Crippen molar-refractivity contribution in [3.8, 4) is 0 Å². The molecule has 2 aromatic rings. The number of nitrogens with zero attached hydrogens (tertiary/aromatic N) is 4. The van der Waals surface area contributed by atoms with Gasteiger partial charge in [0, 0.05) is 45.0 Å². The molecule has 1 saturated heterocycles. The zero-order valence-corrected chi connectivity index (χ0v) is 16.5. The minimum Gasteiger partial charge on any atom is -0.368 e. The summed E-state index contributed by atoms with van der Waals surface area (Å²) in [5, 5.41) is 3.43. The van der Waals surface area contributed by atoms with Crippen LogP contribution < -0.4 is 15.8 Å². The van der Waals surface area contributed by atoms with Crippen molar-refractivity contribution in [3.63, 3.8) is 0 Å². The molecule has 1 N–H and O–H groups in total. The first-order valence-electron chi connectivity index (χ1n) is 9.22. The number of pyridine rings is 1. The molecule has 0 unspecified atom stereocenters. The van der Waals surface area contributed by atoms with E-state index >= 15 is 0 Å². The number of aliphatic imine (C=N–C) groups is 1. The number of allylic oxidation sites excluding steroid dienone is 3. The van der Waals surface area contributed by atoms with Crippen LogP contribution in [0.25, 0.3) is 5.65 Å². The van der Waals surface area contributed by atoms with E-state index < -0.39 is 0 Å². The molecule has 3 heterocycles. The first-order chi connectivity index (χ1) is 12.9. The third-order valence-electron chi connectivity index (χ3n) is 4.91. The maximum atomic E-state index is 12.7. The van der Waals surface area contributed by atoms with Crippen molar-refractivity contribution in [2.24, 2.45) is 4.99 Å². The van der Waals surface area contributed by atoms with E-state index in [0.29, 0.717) is 23.1 Å². The Morgan fingerprint density at radius 2 is 2.19 bits per heavy atom. The number of nitrogens with one attached hydrogen (secondary N) is 1. The predicted octanol–water partition coefficient (Wildman–Crippen LogP) is 2.43. The molecule has 1 aliphatic rings. The van der Waals surface area contributed by atoms with Crippen LogP contribution in [0.1, 0.15) is 26.5 Å². The summed E-state index contributed by atoms with van der Waals surface area (Å²) in [6, 6.07) is 5.90. The second-order valence-electron chi connectivity index (χ2n) is 7.11. The molecule has 0 spiro atoms. The highest BCUT2D eigenvalue weighted by Crippen LogP contribution is 2.17. The van der Waals surface area contributed by atoms with E-state index in [0.717, 1.165) is 36.5 Å². The average molecular weight is 365 g/mol. The molecular formula is C21H27N5O. The summed E-state index contributed by atoms with van der Waals surface area (Å²) < 4.78 is 1.61. The molecule has 142 valence electrons. The average Bonchev–Trinajstić information content (AvgIpc) is 2.65. The molecule has 0 saturated carbocycles. The Kier molecular flexibility index (Phi) is 5.56. The molecule has 0 aromatic carbocycles. The van der Waals surface area contributed by atoms with Gasteiger partial charge in [-0.3, -0.25) is 14.2 Å². The third-order valence-corrected chi connectivity index (χ3v) is 4.91. The van der Waals surface area contributed by atoms with Gasteiger partial charge in [-0.05, 0) is 44.6 Å². The smallest absolute Gasteiger partial charge is 0.258 e. The fourth-order valence-corrected chi connectivity index (χ4v) is 3.16. The van der Waals surface area contributed by atoms with Gasteiger partial charge in [0.05, 0.1) is 17.1 Å². The van der Waals surface area contributed by atoms with Crippen molar-refractivity contribution in [2.75, 3.05) is 31.6 Å². The van der Waals surface area contributed by atoms with Crippen LogP contribution in [0.5, 0.6) is 0 Å². The zero-order chi connectivity index (χ0) is 19.6. The van der Waals surface area contributed by atoms with E-state index in [4.69, 9.17) is 0 Å². The van der Waals surface area contributed by atoms with E-state index in [1.807, 2.05) is 38.3 Å². The van der Waals surface area contributed by atoms with Crippen LogP contribution in [-0.2, 0) is 0 Å². The lowest BCUT2D eigenvalue weighted by Gasteiger charge is -2.33. The summed E-state index contributed by atoms with van der Waals surface area (Å²) in [5.74, 6) is 0. The monoisotopic (exact) mass is 365 g/mol. The largest absolute Gasteiger partial charge is 0.368 e. The first kappa shape index (κ1) is 19.0.